The third-order valence-electron chi connectivity index (χ3n) is 6.63. The summed E-state index contributed by atoms with van der Waals surface area (Å²) in [6.45, 7) is 4.52. The van der Waals surface area contributed by atoms with Crippen molar-refractivity contribution in [3.63, 3.8) is 0 Å². The average Bonchev–Trinajstić information content (AvgIpc) is 3.36. The first-order valence-electron chi connectivity index (χ1n) is 11.0. The number of para-hydroxylation sites is 2. The third-order valence-corrected chi connectivity index (χ3v) is 8.87. The first kappa shape index (κ1) is 20.2. The van der Waals surface area contributed by atoms with Gasteiger partial charge in [-0.25, -0.2) is 0 Å². The van der Waals surface area contributed by atoms with Crippen LogP contribution in [0.25, 0.3) is 6.08 Å². The number of carbonyl (C=O) groups is 2. The van der Waals surface area contributed by atoms with E-state index in [2.05, 4.69) is 73.3 Å². The van der Waals surface area contributed by atoms with Crippen molar-refractivity contribution in [1.29, 1.82) is 0 Å². The molecular weight excluding hydrogens is 473 g/mol. The van der Waals surface area contributed by atoms with Gasteiger partial charge in [-0.1, -0.05) is 0 Å². The number of nitrogens with zero attached hydrogens (tertiary/aromatic N) is 1. The number of anilines is 3. The van der Waals surface area contributed by atoms with E-state index in [1.165, 1.54) is 21.4 Å². The predicted molar refractivity (Wildman–Crippen MR) is 133 cm³/mol. The summed E-state index contributed by atoms with van der Waals surface area (Å²) in [5.74, 6) is -0.334. The molecule has 0 bridgehead atoms. The summed E-state index contributed by atoms with van der Waals surface area (Å²) in [4.78, 5) is 28.3. The summed E-state index contributed by atoms with van der Waals surface area (Å²) in [5, 5.41) is 0. The Morgan fingerprint density at radius 2 is 1.36 bits per heavy atom. The van der Waals surface area contributed by atoms with E-state index >= 15 is 0 Å². The van der Waals surface area contributed by atoms with Crippen molar-refractivity contribution in [1.82, 2.24) is 0 Å². The molecule has 0 atom stereocenters. The van der Waals surface area contributed by atoms with E-state index in [0.29, 0.717) is 11.1 Å². The van der Waals surface area contributed by atoms with Gasteiger partial charge in [0.25, 0.3) is 0 Å². The Hall–Kier alpha value is -3.46. The van der Waals surface area contributed by atoms with Gasteiger partial charge < -0.3 is 0 Å². The van der Waals surface area contributed by atoms with Crippen LogP contribution in [0.15, 0.2) is 90.5 Å². The Balaban J connectivity index is 1.53. The first-order valence-corrected chi connectivity index (χ1v) is 12.7. The van der Waals surface area contributed by atoms with Gasteiger partial charge in [0.1, 0.15) is 0 Å². The standard InChI is InChI=1S/C29H21NO2Se/c1-29(2)23-14-8-9-15-25(23)30(18-10-4-3-5-11-18)28-24(29)17-19(33-28)16-22-26(31)20-12-6-7-13-21(20)27(22)32/h3-17H,1-2H3. The molecule has 0 unspecified atom stereocenters. The molecule has 4 aromatic rings. The molecule has 3 aromatic carbocycles. The molecule has 4 heteroatoms. The van der Waals surface area contributed by atoms with E-state index in [0.717, 1.165) is 10.1 Å². The number of hydrogen-bond donors (Lipinski definition) is 0. The summed E-state index contributed by atoms with van der Waals surface area (Å²) in [7, 11) is 0. The normalized spacial score (nSPS) is 15.8. The molecule has 0 radical (unpaired) electrons. The molecule has 1 aliphatic carbocycles. The van der Waals surface area contributed by atoms with E-state index in [1.54, 1.807) is 12.1 Å². The van der Waals surface area contributed by atoms with E-state index in [4.69, 9.17) is 0 Å². The zero-order valence-electron chi connectivity index (χ0n) is 18.3. The number of rotatable bonds is 2. The van der Waals surface area contributed by atoms with E-state index in [9.17, 15) is 9.59 Å². The van der Waals surface area contributed by atoms with Crippen LogP contribution in [-0.2, 0) is 5.41 Å². The maximum absolute atomic E-state index is 13.0. The number of hydrogen-bond acceptors (Lipinski definition) is 3. The van der Waals surface area contributed by atoms with Gasteiger partial charge in [-0.2, -0.15) is 0 Å². The second-order valence-corrected chi connectivity index (χ2v) is 11.2. The fourth-order valence-electron chi connectivity index (χ4n) is 4.92. The van der Waals surface area contributed by atoms with Crippen molar-refractivity contribution in [3.05, 3.63) is 117 Å². The van der Waals surface area contributed by atoms with Crippen molar-refractivity contribution in [2.24, 2.45) is 0 Å². The SMILES string of the molecule is CC1(C)c2ccccc2N(c2ccccc2)c2[se]c(C=C3C(=O)c4ccccc4C3=O)cc21. The Kier molecular flexibility index (Phi) is 4.45. The molecule has 0 saturated heterocycles. The van der Waals surface area contributed by atoms with Crippen molar-refractivity contribution in [2.75, 3.05) is 4.90 Å². The summed E-state index contributed by atoms with van der Waals surface area (Å²) >= 11 is -0.0433. The quantitative estimate of drug-likeness (QED) is 0.186. The topological polar surface area (TPSA) is 37.4 Å². The molecule has 3 nitrogen and oxygen atoms in total. The van der Waals surface area contributed by atoms with Gasteiger partial charge in [-0.15, -0.1) is 0 Å². The molecule has 2 aliphatic rings. The summed E-state index contributed by atoms with van der Waals surface area (Å²) in [5.41, 5.74) is 5.97. The monoisotopic (exact) mass is 495 g/mol. The van der Waals surface area contributed by atoms with Gasteiger partial charge in [-0.05, 0) is 0 Å². The molecule has 160 valence electrons. The van der Waals surface area contributed by atoms with Gasteiger partial charge in [-0.3, -0.25) is 0 Å². The van der Waals surface area contributed by atoms with Gasteiger partial charge in [0.2, 0.25) is 0 Å². The number of Topliss-reactive ketones (excluding diaryl/α,β-unsaturated/α-hetero) is 2. The van der Waals surface area contributed by atoms with Crippen LogP contribution in [0, 0.1) is 0 Å². The minimum atomic E-state index is -0.175. The minimum absolute atomic E-state index is 0.0433. The Morgan fingerprint density at radius 1 is 0.758 bits per heavy atom. The molecule has 6 rings (SSSR count). The van der Waals surface area contributed by atoms with Crippen LogP contribution in [0.3, 0.4) is 0 Å². The molecule has 0 N–H and O–H groups in total. The number of carbonyl (C=O) groups excluding carboxylic acids is 2. The van der Waals surface area contributed by atoms with Crippen LogP contribution in [0.4, 0.5) is 15.9 Å². The zero-order valence-corrected chi connectivity index (χ0v) is 20.0. The van der Waals surface area contributed by atoms with Crippen LogP contribution >= 0.6 is 0 Å². The van der Waals surface area contributed by atoms with Crippen LogP contribution in [0.1, 0.15) is 50.1 Å². The van der Waals surface area contributed by atoms with Crippen LogP contribution in [0.2, 0.25) is 0 Å². The molecule has 1 aliphatic heterocycles. The molecule has 0 amide bonds. The number of allylic oxidation sites excluding steroid dienone is 1. The second kappa shape index (κ2) is 7.28. The molecule has 2 heterocycles. The summed E-state index contributed by atoms with van der Waals surface area (Å²) in [6.07, 6.45) is 1.84. The molecular formula is C29H21NO2Se. The second-order valence-electron chi connectivity index (χ2n) is 8.94. The van der Waals surface area contributed by atoms with Crippen molar-refractivity contribution >= 4 is 48.1 Å². The summed E-state index contributed by atoms with van der Waals surface area (Å²) < 4.78 is 2.32. The van der Waals surface area contributed by atoms with Crippen LogP contribution in [0.5, 0.6) is 0 Å². The van der Waals surface area contributed by atoms with E-state index < -0.39 is 0 Å². The molecule has 33 heavy (non-hydrogen) atoms. The number of ketones is 2. The van der Waals surface area contributed by atoms with Gasteiger partial charge in [0.05, 0.1) is 0 Å². The molecule has 0 fully saturated rings. The van der Waals surface area contributed by atoms with Crippen LogP contribution < -0.4 is 4.90 Å². The predicted octanol–water partition coefficient (Wildman–Crippen LogP) is 6.32. The van der Waals surface area contributed by atoms with E-state index in [-0.39, 0.29) is 37.1 Å². The summed E-state index contributed by atoms with van der Waals surface area (Å²) in [6, 6.07) is 28.3. The van der Waals surface area contributed by atoms with Crippen molar-refractivity contribution in [2.45, 2.75) is 19.3 Å². The maximum atomic E-state index is 13.0. The van der Waals surface area contributed by atoms with Gasteiger partial charge in [0, 0.05) is 0 Å². The number of fused-ring (bicyclic) bond motifs is 3. The third kappa shape index (κ3) is 2.95. The fraction of sp³-hybridized carbons (Fsp3) is 0.103. The van der Waals surface area contributed by atoms with Crippen molar-refractivity contribution < 1.29 is 9.59 Å². The first-order chi connectivity index (χ1) is 16.0. The van der Waals surface area contributed by atoms with E-state index in [1.807, 2.05) is 24.3 Å². The van der Waals surface area contributed by atoms with Crippen LogP contribution in [-0.4, -0.2) is 26.1 Å². The Bertz CT molecular complexity index is 1440. The van der Waals surface area contributed by atoms with Gasteiger partial charge >= 0.3 is 199 Å². The molecule has 1 aromatic heterocycles. The fourth-order valence-corrected chi connectivity index (χ4v) is 7.63. The molecule has 0 saturated carbocycles. The number of benzene rings is 3. The average molecular weight is 494 g/mol. The molecule has 0 spiro atoms. The Labute approximate surface area is 198 Å². The Morgan fingerprint density at radius 3 is 2.06 bits per heavy atom. The zero-order chi connectivity index (χ0) is 22.7. The van der Waals surface area contributed by atoms with Gasteiger partial charge in [0.15, 0.2) is 0 Å². The van der Waals surface area contributed by atoms with Crippen molar-refractivity contribution in [3.8, 4) is 0 Å².